The molecule has 1 fully saturated rings. The number of rotatable bonds is 4. The highest BCUT2D eigenvalue weighted by Crippen LogP contribution is 2.42. The minimum Gasteiger partial charge on any atom is -0.399 e. The fourth-order valence-electron chi connectivity index (χ4n) is 2.05. The average molecular weight is 250 g/mol. The third-order valence-corrected chi connectivity index (χ3v) is 4.84. The molecule has 0 atom stereocenters. The molecule has 1 aliphatic rings. The van der Waals surface area contributed by atoms with Crippen LogP contribution >= 0.6 is 11.8 Å². The second-order valence-electron chi connectivity index (χ2n) is 4.55. The Morgan fingerprint density at radius 2 is 2.29 bits per heavy atom. The van der Waals surface area contributed by atoms with E-state index in [1.807, 2.05) is 11.8 Å². The molecule has 4 heteroatoms. The van der Waals surface area contributed by atoms with Crippen molar-refractivity contribution in [2.45, 2.75) is 24.0 Å². The van der Waals surface area contributed by atoms with Crippen molar-refractivity contribution in [2.75, 3.05) is 18.5 Å². The van der Waals surface area contributed by atoms with Gasteiger partial charge < -0.3 is 11.1 Å². The Labute approximate surface area is 106 Å². The first-order valence-electron chi connectivity index (χ1n) is 5.84. The van der Waals surface area contributed by atoms with Crippen molar-refractivity contribution in [1.82, 2.24) is 5.32 Å². The summed E-state index contributed by atoms with van der Waals surface area (Å²) in [6.07, 6.45) is 5.79. The van der Waals surface area contributed by atoms with E-state index in [1.165, 1.54) is 19.3 Å². The average Bonchev–Trinajstić information content (AvgIpc) is 2.28. The number of carbonyl (C=O) groups is 1. The van der Waals surface area contributed by atoms with Gasteiger partial charge in [0.2, 0.25) is 0 Å². The van der Waals surface area contributed by atoms with Crippen LogP contribution in [0.5, 0.6) is 0 Å². The van der Waals surface area contributed by atoms with Gasteiger partial charge in [0, 0.05) is 22.5 Å². The van der Waals surface area contributed by atoms with Crippen molar-refractivity contribution in [1.29, 1.82) is 0 Å². The van der Waals surface area contributed by atoms with Gasteiger partial charge in [-0.25, -0.2) is 0 Å². The normalized spacial score (nSPS) is 17.2. The Kier molecular flexibility index (Phi) is 3.62. The van der Waals surface area contributed by atoms with E-state index in [-0.39, 0.29) is 10.7 Å². The molecule has 1 amide bonds. The SMILES string of the molecule is CSC1(CNC(=O)c2cccc(N)c2)CCC1. The van der Waals surface area contributed by atoms with Gasteiger partial charge in [0.25, 0.3) is 5.91 Å². The summed E-state index contributed by atoms with van der Waals surface area (Å²) in [4.78, 5) is 11.9. The Bertz CT molecular complexity index is 410. The van der Waals surface area contributed by atoms with Crippen molar-refractivity contribution < 1.29 is 4.79 Å². The predicted molar refractivity (Wildman–Crippen MR) is 73.3 cm³/mol. The van der Waals surface area contributed by atoms with Crippen LogP contribution in [0.1, 0.15) is 29.6 Å². The van der Waals surface area contributed by atoms with Gasteiger partial charge in [-0.2, -0.15) is 11.8 Å². The summed E-state index contributed by atoms with van der Waals surface area (Å²) in [6.45, 7) is 0.752. The van der Waals surface area contributed by atoms with E-state index in [1.54, 1.807) is 24.3 Å². The number of benzene rings is 1. The van der Waals surface area contributed by atoms with Gasteiger partial charge in [0.15, 0.2) is 0 Å². The highest BCUT2D eigenvalue weighted by molar-refractivity contribution is 8.00. The monoisotopic (exact) mass is 250 g/mol. The number of thioether (sulfide) groups is 1. The number of nitrogens with two attached hydrogens (primary N) is 1. The molecule has 17 heavy (non-hydrogen) atoms. The topological polar surface area (TPSA) is 55.1 Å². The highest BCUT2D eigenvalue weighted by atomic mass is 32.2. The molecule has 3 nitrogen and oxygen atoms in total. The molecule has 0 saturated heterocycles. The van der Waals surface area contributed by atoms with Crippen LogP contribution in [0.4, 0.5) is 5.69 Å². The second kappa shape index (κ2) is 5.00. The summed E-state index contributed by atoms with van der Waals surface area (Å²) in [7, 11) is 0. The first-order valence-corrected chi connectivity index (χ1v) is 7.07. The summed E-state index contributed by atoms with van der Waals surface area (Å²) in [5.41, 5.74) is 6.92. The van der Waals surface area contributed by atoms with Crippen molar-refractivity contribution in [3.63, 3.8) is 0 Å². The molecule has 0 aromatic heterocycles. The van der Waals surface area contributed by atoms with Crippen LogP contribution in [0.15, 0.2) is 24.3 Å². The van der Waals surface area contributed by atoms with E-state index in [2.05, 4.69) is 11.6 Å². The predicted octanol–water partition coefficient (Wildman–Crippen LogP) is 2.28. The Morgan fingerprint density at radius 1 is 1.53 bits per heavy atom. The molecule has 2 rings (SSSR count). The van der Waals surface area contributed by atoms with Crippen LogP contribution in [0, 0.1) is 0 Å². The maximum Gasteiger partial charge on any atom is 0.251 e. The minimum absolute atomic E-state index is 0.0300. The summed E-state index contributed by atoms with van der Waals surface area (Å²) in [6, 6.07) is 7.09. The zero-order valence-electron chi connectivity index (χ0n) is 10.0. The lowest BCUT2D eigenvalue weighted by atomic mass is 9.84. The molecule has 0 heterocycles. The van der Waals surface area contributed by atoms with E-state index in [0.29, 0.717) is 11.3 Å². The van der Waals surface area contributed by atoms with Gasteiger partial charge in [-0.15, -0.1) is 0 Å². The fraction of sp³-hybridized carbons (Fsp3) is 0.462. The van der Waals surface area contributed by atoms with Gasteiger partial charge >= 0.3 is 0 Å². The first kappa shape index (κ1) is 12.3. The Balaban J connectivity index is 1.93. The molecule has 0 spiro atoms. The number of carbonyl (C=O) groups excluding carboxylic acids is 1. The van der Waals surface area contributed by atoms with E-state index in [4.69, 9.17) is 5.73 Å². The minimum atomic E-state index is -0.0300. The summed E-state index contributed by atoms with van der Waals surface area (Å²) < 4.78 is 0.274. The molecule has 0 bridgehead atoms. The van der Waals surface area contributed by atoms with Gasteiger partial charge in [-0.1, -0.05) is 12.5 Å². The van der Waals surface area contributed by atoms with Crippen LogP contribution < -0.4 is 11.1 Å². The molecule has 1 aromatic rings. The second-order valence-corrected chi connectivity index (χ2v) is 5.82. The highest BCUT2D eigenvalue weighted by Gasteiger charge is 2.36. The third kappa shape index (κ3) is 2.75. The number of nitrogen functional groups attached to an aromatic ring is 1. The molecule has 1 saturated carbocycles. The Morgan fingerprint density at radius 3 is 2.82 bits per heavy atom. The largest absolute Gasteiger partial charge is 0.399 e. The smallest absolute Gasteiger partial charge is 0.251 e. The number of amides is 1. The molecular formula is C13H18N2OS. The standard InChI is InChI=1S/C13H18N2OS/c1-17-13(6-3-7-13)9-15-12(16)10-4-2-5-11(14)8-10/h2,4-5,8H,3,6-7,9,14H2,1H3,(H,15,16). The number of hydrogen-bond donors (Lipinski definition) is 2. The van der Waals surface area contributed by atoms with Crippen LogP contribution in [0.25, 0.3) is 0 Å². The van der Waals surface area contributed by atoms with Gasteiger partial charge in [0.1, 0.15) is 0 Å². The van der Waals surface area contributed by atoms with Crippen molar-refractivity contribution in [2.24, 2.45) is 0 Å². The van der Waals surface area contributed by atoms with E-state index < -0.39 is 0 Å². The molecular weight excluding hydrogens is 232 g/mol. The lowest BCUT2D eigenvalue weighted by Gasteiger charge is -2.40. The maximum absolute atomic E-state index is 11.9. The lowest BCUT2D eigenvalue weighted by molar-refractivity contribution is 0.0944. The molecule has 3 N–H and O–H groups in total. The van der Waals surface area contributed by atoms with Gasteiger partial charge in [-0.05, 0) is 37.3 Å². The molecule has 0 aliphatic heterocycles. The van der Waals surface area contributed by atoms with E-state index >= 15 is 0 Å². The zero-order chi connectivity index (χ0) is 12.3. The first-order chi connectivity index (χ1) is 8.15. The van der Waals surface area contributed by atoms with Crippen molar-refractivity contribution >= 4 is 23.4 Å². The molecule has 0 radical (unpaired) electrons. The van der Waals surface area contributed by atoms with Crippen LogP contribution in [0.3, 0.4) is 0 Å². The number of anilines is 1. The molecule has 92 valence electrons. The van der Waals surface area contributed by atoms with Gasteiger partial charge in [-0.3, -0.25) is 4.79 Å². The van der Waals surface area contributed by atoms with Crippen molar-refractivity contribution in [3.05, 3.63) is 29.8 Å². The van der Waals surface area contributed by atoms with Gasteiger partial charge in [0.05, 0.1) is 0 Å². The lowest BCUT2D eigenvalue weighted by Crippen LogP contribution is -2.45. The van der Waals surface area contributed by atoms with E-state index in [9.17, 15) is 4.79 Å². The fourth-order valence-corrected chi connectivity index (χ4v) is 2.96. The molecule has 0 unspecified atom stereocenters. The zero-order valence-corrected chi connectivity index (χ0v) is 10.8. The number of nitrogens with one attached hydrogen (secondary N) is 1. The van der Waals surface area contributed by atoms with E-state index in [0.717, 1.165) is 6.54 Å². The van der Waals surface area contributed by atoms with Crippen LogP contribution in [-0.2, 0) is 0 Å². The Hall–Kier alpha value is -1.16. The van der Waals surface area contributed by atoms with Crippen molar-refractivity contribution in [3.8, 4) is 0 Å². The number of hydrogen-bond acceptors (Lipinski definition) is 3. The summed E-state index contributed by atoms with van der Waals surface area (Å²) in [5, 5.41) is 3.00. The summed E-state index contributed by atoms with van der Waals surface area (Å²) in [5.74, 6) is -0.0300. The third-order valence-electron chi connectivity index (χ3n) is 3.42. The molecule has 1 aromatic carbocycles. The maximum atomic E-state index is 11.9. The molecule has 1 aliphatic carbocycles. The van der Waals surface area contributed by atoms with Crippen LogP contribution in [0.2, 0.25) is 0 Å². The quantitative estimate of drug-likeness (QED) is 0.806. The summed E-state index contributed by atoms with van der Waals surface area (Å²) >= 11 is 1.86. The van der Waals surface area contributed by atoms with Crippen LogP contribution in [-0.4, -0.2) is 23.5 Å².